The highest BCUT2D eigenvalue weighted by atomic mass is 32.2. The maximum atomic E-state index is 13.5. The van der Waals surface area contributed by atoms with Crippen LogP contribution in [0.2, 0.25) is 0 Å². The van der Waals surface area contributed by atoms with E-state index in [9.17, 15) is 8.42 Å². The van der Waals surface area contributed by atoms with Crippen LogP contribution in [0.1, 0.15) is 31.1 Å². The Labute approximate surface area is 171 Å². The monoisotopic (exact) mass is 420 g/mol. The van der Waals surface area contributed by atoms with E-state index in [-0.39, 0.29) is 6.04 Å². The third-order valence-electron chi connectivity index (χ3n) is 5.48. The quantitative estimate of drug-likeness (QED) is 0.783. The Hall–Kier alpha value is -2.23. The average molecular weight is 421 g/mol. The van der Waals surface area contributed by atoms with Crippen LogP contribution in [0.5, 0.6) is 0 Å². The lowest BCUT2D eigenvalue weighted by atomic mass is 9.90. The molecule has 0 spiro atoms. The van der Waals surface area contributed by atoms with Crippen molar-refractivity contribution in [3.05, 3.63) is 47.8 Å². The predicted octanol–water partition coefficient (Wildman–Crippen LogP) is 1.88. The highest BCUT2D eigenvalue weighted by molar-refractivity contribution is 7.89. The number of carboxylic acids is 1. The van der Waals surface area contributed by atoms with Crippen LogP contribution >= 0.6 is 0 Å². The number of carbonyl (C=O) groups is 1. The number of aryl methyl sites for hydroxylation is 2. The zero-order chi connectivity index (χ0) is 21.2. The number of nitrogens with one attached hydrogen (secondary N) is 1. The Kier molecular flexibility index (Phi) is 6.40. The Balaban J connectivity index is 0.000000552. The smallest absolute Gasteiger partial charge is 0.300 e. The van der Waals surface area contributed by atoms with Crippen molar-refractivity contribution in [2.24, 2.45) is 11.8 Å². The lowest BCUT2D eigenvalue weighted by Crippen LogP contribution is -2.34. The molecule has 2 aliphatic heterocycles. The van der Waals surface area contributed by atoms with Crippen LogP contribution < -0.4 is 5.32 Å². The first kappa shape index (κ1) is 21.5. The third-order valence-corrected chi connectivity index (χ3v) is 7.43. The van der Waals surface area contributed by atoms with Gasteiger partial charge in [-0.1, -0.05) is 30.3 Å². The van der Waals surface area contributed by atoms with Crippen LogP contribution in [-0.2, 0) is 21.4 Å². The molecule has 3 atom stereocenters. The molecule has 2 fully saturated rings. The number of hydrogen-bond acceptors (Lipinski definition) is 5. The Morgan fingerprint density at radius 2 is 1.93 bits per heavy atom. The van der Waals surface area contributed by atoms with E-state index in [1.54, 1.807) is 22.1 Å². The molecule has 2 N–H and O–H groups in total. The summed E-state index contributed by atoms with van der Waals surface area (Å²) >= 11 is 0. The Morgan fingerprint density at radius 3 is 2.52 bits per heavy atom. The molecule has 158 valence electrons. The minimum Gasteiger partial charge on any atom is -0.481 e. The highest BCUT2D eigenvalue weighted by Crippen LogP contribution is 2.45. The van der Waals surface area contributed by atoms with Gasteiger partial charge < -0.3 is 10.4 Å². The molecule has 4 rings (SSSR count). The maximum Gasteiger partial charge on any atom is 0.300 e. The number of carboxylic acid groups (broad SMARTS) is 1. The summed E-state index contributed by atoms with van der Waals surface area (Å²) in [6.07, 6.45) is 1.67. The van der Waals surface area contributed by atoms with Crippen molar-refractivity contribution >= 4 is 16.0 Å². The standard InChI is InChI=1S/C18H24N4O2S.C2H4O2/c1-3-21-12-17(13(2)20-21)25(23,24)22-11-15-9-19-10-16(15)18(22)14-7-5-4-6-8-14;1-2(3)4/h4-8,12,15-16,18-19H,3,9-11H2,1-2H3;1H3,(H,3,4)/t15-,16-,18-;/m0./s1. The third kappa shape index (κ3) is 4.36. The number of aromatic nitrogens is 2. The van der Waals surface area contributed by atoms with Crippen molar-refractivity contribution in [1.29, 1.82) is 0 Å². The summed E-state index contributed by atoms with van der Waals surface area (Å²) < 4.78 is 30.3. The van der Waals surface area contributed by atoms with Crippen LogP contribution in [0.4, 0.5) is 0 Å². The molecule has 0 radical (unpaired) electrons. The van der Waals surface area contributed by atoms with E-state index in [1.165, 1.54) is 0 Å². The summed E-state index contributed by atoms with van der Waals surface area (Å²) in [4.78, 5) is 9.34. The first-order valence-electron chi connectivity index (χ1n) is 9.76. The molecular weight excluding hydrogens is 392 g/mol. The predicted molar refractivity (Wildman–Crippen MR) is 109 cm³/mol. The van der Waals surface area contributed by atoms with Crippen molar-refractivity contribution in [1.82, 2.24) is 19.4 Å². The summed E-state index contributed by atoms with van der Waals surface area (Å²) in [5, 5.41) is 15.2. The fourth-order valence-electron chi connectivity index (χ4n) is 4.23. The molecule has 2 aromatic rings. The van der Waals surface area contributed by atoms with Gasteiger partial charge in [-0.2, -0.15) is 9.40 Å². The molecular formula is C20H28N4O4S. The zero-order valence-electron chi connectivity index (χ0n) is 16.9. The topological polar surface area (TPSA) is 105 Å². The maximum absolute atomic E-state index is 13.5. The van der Waals surface area contributed by atoms with Gasteiger partial charge in [0.2, 0.25) is 10.0 Å². The highest BCUT2D eigenvalue weighted by Gasteiger charge is 2.50. The summed E-state index contributed by atoms with van der Waals surface area (Å²) in [5.41, 5.74) is 1.65. The van der Waals surface area contributed by atoms with Crippen LogP contribution in [-0.4, -0.2) is 53.2 Å². The summed E-state index contributed by atoms with van der Waals surface area (Å²) in [6, 6.07) is 9.89. The minimum atomic E-state index is -3.58. The van der Waals surface area contributed by atoms with Gasteiger partial charge in [-0.15, -0.1) is 0 Å². The minimum absolute atomic E-state index is 0.115. The lowest BCUT2D eigenvalue weighted by molar-refractivity contribution is -0.134. The fourth-order valence-corrected chi connectivity index (χ4v) is 6.12. The van der Waals surface area contributed by atoms with Gasteiger partial charge in [0.05, 0.1) is 11.7 Å². The van der Waals surface area contributed by atoms with Crippen molar-refractivity contribution in [3.63, 3.8) is 0 Å². The molecule has 9 heteroatoms. The lowest BCUT2D eigenvalue weighted by Gasteiger charge is -2.27. The molecule has 0 saturated carbocycles. The number of nitrogens with zero attached hydrogens (tertiary/aromatic N) is 3. The second-order valence-corrected chi connectivity index (χ2v) is 9.32. The second-order valence-electron chi connectivity index (χ2n) is 7.47. The van der Waals surface area contributed by atoms with Gasteiger partial charge in [-0.25, -0.2) is 8.42 Å². The normalized spacial score (nSPS) is 24.0. The molecule has 2 saturated heterocycles. The van der Waals surface area contributed by atoms with Crippen molar-refractivity contribution in [2.45, 2.75) is 38.3 Å². The van der Waals surface area contributed by atoms with E-state index in [2.05, 4.69) is 10.4 Å². The van der Waals surface area contributed by atoms with Gasteiger partial charge >= 0.3 is 0 Å². The van der Waals surface area contributed by atoms with E-state index in [4.69, 9.17) is 9.90 Å². The summed E-state index contributed by atoms with van der Waals surface area (Å²) in [7, 11) is -3.58. The molecule has 8 nitrogen and oxygen atoms in total. The van der Waals surface area contributed by atoms with E-state index in [0.717, 1.165) is 25.6 Å². The number of benzene rings is 1. The number of sulfonamides is 1. The molecule has 3 heterocycles. The summed E-state index contributed by atoms with van der Waals surface area (Å²) in [5.74, 6) is -0.153. The van der Waals surface area contributed by atoms with Gasteiger partial charge in [0, 0.05) is 32.8 Å². The molecule has 2 aliphatic rings. The zero-order valence-corrected chi connectivity index (χ0v) is 17.8. The van der Waals surface area contributed by atoms with E-state index >= 15 is 0 Å². The molecule has 0 amide bonds. The van der Waals surface area contributed by atoms with Crippen LogP contribution in [0, 0.1) is 18.8 Å². The van der Waals surface area contributed by atoms with E-state index in [1.807, 2.05) is 37.3 Å². The molecule has 29 heavy (non-hydrogen) atoms. The first-order chi connectivity index (χ1) is 13.8. The van der Waals surface area contributed by atoms with Crippen molar-refractivity contribution < 1.29 is 18.3 Å². The van der Waals surface area contributed by atoms with Crippen LogP contribution in [0.15, 0.2) is 41.4 Å². The van der Waals surface area contributed by atoms with E-state index in [0.29, 0.717) is 35.5 Å². The molecule has 1 aromatic heterocycles. The van der Waals surface area contributed by atoms with Crippen LogP contribution in [0.25, 0.3) is 0 Å². The Bertz CT molecular complexity index is 954. The number of rotatable bonds is 4. The van der Waals surface area contributed by atoms with Gasteiger partial charge in [0.25, 0.3) is 5.97 Å². The molecule has 0 unspecified atom stereocenters. The SMILES string of the molecule is CC(=O)O.CCn1cc(S(=O)(=O)N2C[C@@H]3CNC[C@@H]3[C@@H]2c2ccccc2)c(C)n1. The van der Waals surface area contributed by atoms with Gasteiger partial charge in [0.15, 0.2) is 0 Å². The number of aliphatic carboxylic acids is 1. The molecule has 0 aliphatic carbocycles. The van der Waals surface area contributed by atoms with Gasteiger partial charge in [0.1, 0.15) is 4.90 Å². The molecule has 1 aromatic carbocycles. The van der Waals surface area contributed by atoms with E-state index < -0.39 is 16.0 Å². The van der Waals surface area contributed by atoms with Crippen molar-refractivity contribution in [3.8, 4) is 0 Å². The van der Waals surface area contributed by atoms with Gasteiger partial charge in [-0.05, 0) is 37.8 Å². The average Bonchev–Trinajstić information content (AvgIpc) is 3.35. The second kappa shape index (κ2) is 8.64. The first-order valence-corrected chi connectivity index (χ1v) is 11.2. The fraction of sp³-hybridized carbons (Fsp3) is 0.500. The number of hydrogen-bond donors (Lipinski definition) is 2. The molecule has 0 bridgehead atoms. The number of fused-ring (bicyclic) bond motifs is 1. The van der Waals surface area contributed by atoms with Crippen molar-refractivity contribution in [2.75, 3.05) is 19.6 Å². The Morgan fingerprint density at radius 1 is 1.28 bits per heavy atom. The summed E-state index contributed by atoms with van der Waals surface area (Å²) in [6.45, 7) is 7.79. The van der Waals surface area contributed by atoms with Gasteiger partial charge in [-0.3, -0.25) is 9.48 Å². The largest absolute Gasteiger partial charge is 0.481 e. The van der Waals surface area contributed by atoms with Crippen LogP contribution in [0.3, 0.4) is 0 Å².